The van der Waals surface area contributed by atoms with E-state index in [0.29, 0.717) is 6.04 Å². The van der Waals surface area contributed by atoms with Gasteiger partial charge >= 0.3 is 0 Å². The summed E-state index contributed by atoms with van der Waals surface area (Å²) in [5.41, 5.74) is 0. The van der Waals surface area contributed by atoms with Gasteiger partial charge in [-0.1, -0.05) is 5.10 Å². The number of rotatable bonds is 1. The molecule has 0 amide bonds. The van der Waals surface area contributed by atoms with Gasteiger partial charge in [0, 0.05) is 0 Å². The molecule has 0 spiro atoms. The summed E-state index contributed by atoms with van der Waals surface area (Å²) in [6.45, 7) is 0. The van der Waals surface area contributed by atoms with Gasteiger partial charge in [-0.2, -0.15) is 10.1 Å². The van der Waals surface area contributed by atoms with Crippen molar-refractivity contribution in [2.45, 2.75) is 38.1 Å². The van der Waals surface area contributed by atoms with Gasteiger partial charge in [0.2, 0.25) is 0 Å². The normalized spacial score (nSPS) is 42.6. The van der Waals surface area contributed by atoms with Crippen molar-refractivity contribution in [3.05, 3.63) is 5.82 Å². The average Bonchev–Trinajstić information content (AvgIpc) is 2.76. The summed E-state index contributed by atoms with van der Waals surface area (Å²) in [6, 6.07) is 2.38. The lowest BCUT2D eigenvalue weighted by Gasteiger charge is -2.53. The van der Waals surface area contributed by atoms with Crippen LogP contribution >= 0.6 is 0 Å². The smallest absolute Gasteiger partial charge is 0.189 e. The molecule has 0 atom stereocenters. The summed E-state index contributed by atoms with van der Waals surface area (Å²) in [4.78, 5) is 1.74. The summed E-state index contributed by atoms with van der Waals surface area (Å²) in [6.07, 6.45) is 6.79. The molecule has 5 heteroatoms. The monoisotopic (exact) mass is 229 g/mol. The zero-order valence-corrected chi connectivity index (χ0v) is 9.66. The molecule has 0 N–H and O–H groups in total. The summed E-state index contributed by atoms with van der Waals surface area (Å²) in [5, 5.41) is 20.9. The largest absolute Gasteiger partial charge is 0.273 e. The molecule has 88 valence electrons. The van der Waals surface area contributed by atoms with Gasteiger partial charge in [0.25, 0.3) is 5.82 Å². The molecule has 17 heavy (non-hydrogen) atoms. The Morgan fingerprint density at radius 1 is 1.06 bits per heavy atom. The first-order valence-electron chi connectivity index (χ1n) is 6.53. The van der Waals surface area contributed by atoms with Crippen molar-refractivity contribution in [2.24, 2.45) is 23.7 Å². The number of nitrogens with zero attached hydrogens (tertiary/aromatic N) is 5. The standard InChI is InChI=1S/C12H15N5/c13-6-11-14-16-17(15-11)12-9-2-7-1-8(4-9)5-10(12)3-7/h7-10,12H,1-5H2. The highest BCUT2D eigenvalue weighted by molar-refractivity contribution is 5.05. The fourth-order valence-electron chi connectivity index (χ4n) is 4.67. The summed E-state index contributed by atoms with van der Waals surface area (Å²) < 4.78 is 0. The molecule has 5 rings (SSSR count). The zero-order valence-electron chi connectivity index (χ0n) is 9.66. The number of nitriles is 1. The number of tetrazole rings is 1. The molecule has 0 radical (unpaired) electrons. The zero-order chi connectivity index (χ0) is 11.4. The van der Waals surface area contributed by atoms with Crippen LogP contribution in [0.5, 0.6) is 0 Å². The first-order chi connectivity index (χ1) is 8.33. The van der Waals surface area contributed by atoms with E-state index in [0.717, 1.165) is 23.7 Å². The van der Waals surface area contributed by atoms with Crippen molar-refractivity contribution in [1.29, 1.82) is 5.26 Å². The molecule has 0 aliphatic heterocycles. The minimum Gasteiger partial charge on any atom is -0.189 e. The second-order valence-electron chi connectivity index (χ2n) is 5.97. The second kappa shape index (κ2) is 3.28. The lowest BCUT2D eigenvalue weighted by Crippen LogP contribution is -2.46. The van der Waals surface area contributed by atoms with Gasteiger partial charge in [0.15, 0.2) is 0 Å². The van der Waals surface area contributed by atoms with Gasteiger partial charge < -0.3 is 0 Å². The van der Waals surface area contributed by atoms with E-state index < -0.39 is 0 Å². The van der Waals surface area contributed by atoms with E-state index in [1.54, 1.807) is 4.80 Å². The average molecular weight is 229 g/mol. The number of hydrogen-bond acceptors (Lipinski definition) is 4. The van der Waals surface area contributed by atoms with Crippen molar-refractivity contribution in [1.82, 2.24) is 20.2 Å². The van der Waals surface area contributed by atoms with Gasteiger partial charge in [-0.3, -0.25) is 0 Å². The lowest BCUT2D eigenvalue weighted by molar-refractivity contribution is -0.0395. The highest BCUT2D eigenvalue weighted by Gasteiger charge is 2.49. The Kier molecular flexibility index (Phi) is 1.85. The van der Waals surface area contributed by atoms with E-state index in [9.17, 15) is 0 Å². The van der Waals surface area contributed by atoms with Gasteiger partial charge in [-0.15, -0.1) is 5.10 Å². The summed E-state index contributed by atoms with van der Waals surface area (Å²) in [5.74, 6) is 3.57. The van der Waals surface area contributed by atoms with Gasteiger partial charge in [0.1, 0.15) is 6.07 Å². The van der Waals surface area contributed by atoms with Crippen molar-refractivity contribution in [3.63, 3.8) is 0 Å². The maximum atomic E-state index is 8.77. The van der Waals surface area contributed by atoms with Crippen LogP contribution in [-0.2, 0) is 0 Å². The molecule has 4 fully saturated rings. The van der Waals surface area contributed by atoms with Crippen molar-refractivity contribution in [2.75, 3.05) is 0 Å². The highest BCUT2D eigenvalue weighted by Crippen LogP contribution is 2.57. The molecule has 1 heterocycles. The quantitative estimate of drug-likeness (QED) is 0.732. The van der Waals surface area contributed by atoms with Gasteiger partial charge in [-0.25, -0.2) is 0 Å². The summed E-state index contributed by atoms with van der Waals surface area (Å²) >= 11 is 0. The number of aromatic nitrogens is 4. The van der Waals surface area contributed by atoms with E-state index in [1.165, 1.54) is 32.1 Å². The Bertz CT molecular complexity index is 457. The van der Waals surface area contributed by atoms with E-state index in [2.05, 4.69) is 15.4 Å². The SMILES string of the molecule is N#Cc1nnn(C2C3CC4CC(C3)CC2C4)n1. The van der Waals surface area contributed by atoms with Gasteiger partial charge in [-0.05, 0) is 61.0 Å². The molecule has 5 nitrogen and oxygen atoms in total. The Labute approximate surface area is 99.8 Å². The van der Waals surface area contributed by atoms with Crippen LogP contribution in [0.2, 0.25) is 0 Å². The van der Waals surface area contributed by atoms with Crippen LogP contribution in [0.4, 0.5) is 0 Å². The molecule has 1 aromatic rings. The van der Waals surface area contributed by atoms with Crippen LogP contribution in [0.1, 0.15) is 44.0 Å². The van der Waals surface area contributed by atoms with E-state index in [-0.39, 0.29) is 5.82 Å². The topological polar surface area (TPSA) is 67.4 Å². The fourth-order valence-corrected chi connectivity index (χ4v) is 4.67. The third-order valence-corrected chi connectivity index (χ3v) is 4.97. The molecule has 0 aromatic carbocycles. The molecular formula is C12H15N5. The third-order valence-electron chi connectivity index (χ3n) is 4.97. The van der Waals surface area contributed by atoms with Crippen LogP contribution in [-0.4, -0.2) is 20.2 Å². The maximum absolute atomic E-state index is 8.77. The highest BCUT2D eigenvalue weighted by atomic mass is 15.6. The first-order valence-corrected chi connectivity index (χ1v) is 6.53. The first kappa shape index (κ1) is 9.58. The molecule has 4 saturated carbocycles. The van der Waals surface area contributed by atoms with Crippen LogP contribution in [0, 0.1) is 35.0 Å². The van der Waals surface area contributed by atoms with Gasteiger partial charge in [0.05, 0.1) is 6.04 Å². The molecular weight excluding hydrogens is 214 g/mol. The van der Waals surface area contributed by atoms with Crippen molar-refractivity contribution >= 4 is 0 Å². The Morgan fingerprint density at radius 3 is 2.24 bits per heavy atom. The van der Waals surface area contributed by atoms with Crippen LogP contribution in [0.3, 0.4) is 0 Å². The van der Waals surface area contributed by atoms with E-state index in [1.807, 2.05) is 6.07 Å². The van der Waals surface area contributed by atoms with Crippen LogP contribution in [0.25, 0.3) is 0 Å². The number of hydrogen-bond donors (Lipinski definition) is 0. The molecule has 4 aliphatic carbocycles. The Hall–Kier alpha value is -1.44. The fraction of sp³-hybridized carbons (Fsp3) is 0.833. The predicted molar refractivity (Wildman–Crippen MR) is 58.6 cm³/mol. The summed E-state index contributed by atoms with van der Waals surface area (Å²) in [7, 11) is 0. The predicted octanol–water partition coefficient (Wildman–Crippen LogP) is 1.54. The minimum absolute atomic E-state index is 0.207. The molecule has 1 aromatic heterocycles. The lowest BCUT2D eigenvalue weighted by atomic mass is 9.54. The Balaban J connectivity index is 1.68. The molecule has 4 bridgehead atoms. The van der Waals surface area contributed by atoms with Crippen molar-refractivity contribution < 1.29 is 0 Å². The van der Waals surface area contributed by atoms with Crippen LogP contribution in [0.15, 0.2) is 0 Å². The van der Waals surface area contributed by atoms with E-state index >= 15 is 0 Å². The van der Waals surface area contributed by atoms with Crippen LogP contribution < -0.4 is 0 Å². The second-order valence-corrected chi connectivity index (χ2v) is 5.97. The molecule has 0 unspecified atom stereocenters. The minimum atomic E-state index is 0.207. The van der Waals surface area contributed by atoms with Crippen molar-refractivity contribution in [3.8, 4) is 6.07 Å². The maximum Gasteiger partial charge on any atom is 0.273 e. The Morgan fingerprint density at radius 2 is 1.71 bits per heavy atom. The molecule has 0 saturated heterocycles. The molecule has 4 aliphatic rings. The third kappa shape index (κ3) is 1.33. The van der Waals surface area contributed by atoms with E-state index in [4.69, 9.17) is 5.26 Å².